The Hall–Kier alpha value is -2.93. The molecule has 4 rings (SSSR count). The van der Waals surface area contributed by atoms with E-state index >= 15 is 0 Å². The van der Waals surface area contributed by atoms with Crippen LogP contribution in [0.1, 0.15) is 11.1 Å². The monoisotopic (exact) mass is 386 g/mol. The van der Waals surface area contributed by atoms with E-state index in [1.807, 2.05) is 36.6 Å². The number of alkyl halides is 3. The summed E-state index contributed by atoms with van der Waals surface area (Å²) in [5.41, 5.74) is 2.22. The zero-order valence-electron chi connectivity index (χ0n) is 14.1. The number of benzene rings is 2. The molecule has 0 bridgehead atoms. The van der Waals surface area contributed by atoms with Crippen molar-refractivity contribution in [2.75, 3.05) is 0 Å². The summed E-state index contributed by atoms with van der Waals surface area (Å²) in [5.74, 6) is 0.307. The molecule has 3 nitrogen and oxygen atoms in total. The van der Waals surface area contributed by atoms with Gasteiger partial charge in [-0.05, 0) is 30.7 Å². The highest BCUT2D eigenvalue weighted by atomic mass is 32.1. The number of halogens is 3. The molecule has 0 fully saturated rings. The molecule has 0 aliphatic carbocycles. The molecule has 2 heterocycles. The summed E-state index contributed by atoms with van der Waals surface area (Å²) in [6.45, 7) is 2.00. The standard InChI is InChI=1S/C20H13F3N2OS/c1-12-5-7-13(8-6-12)16-10-27-19-17(16)18(24-11-25-19)26-15-4-2-3-14(9-15)20(21,22)23/h2-11H,1H3. The topological polar surface area (TPSA) is 35.0 Å². The van der Waals surface area contributed by atoms with E-state index in [2.05, 4.69) is 9.97 Å². The van der Waals surface area contributed by atoms with Crippen LogP contribution in [0.2, 0.25) is 0 Å². The summed E-state index contributed by atoms with van der Waals surface area (Å²) in [6, 6.07) is 12.7. The van der Waals surface area contributed by atoms with Crippen LogP contribution in [-0.2, 0) is 6.18 Å². The van der Waals surface area contributed by atoms with Crippen LogP contribution in [0.5, 0.6) is 11.6 Å². The van der Waals surface area contributed by atoms with Gasteiger partial charge in [-0.15, -0.1) is 11.3 Å². The number of rotatable bonds is 3. The average Bonchev–Trinajstić information content (AvgIpc) is 3.07. The van der Waals surface area contributed by atoms with E-state index in [9.17, 15) is 13.2 Å². The fourth-order valence-corrected chi connectivity index (χ4v) is 3.62. The lowest BCUT2D eigenvalue weighted by Gasteiger charge is -2.10. The first kappa shape index (κ1) is 17.5. The quantitative estimate of drug-likeness (QED) is 0.404. The molecular formula is C20H13F3N2OS. The van der Waals surface area contributed by atoms with Crippen LogP contribution in [0.4, 0.5) is 13.2 Å². The Bertz CT molecular complexity index is 1100. The van der Waals surface area contributed by atoms with Crippen LogP contribution >= 0.6 is 11.3 Å². The summed E-state index contributed by atoms with van der Waals surface area (Å²) < 4.78 is 44.6. The highest BCUT2D eigenvalue weighted by Gasteiger charge is 2.30. The molecule has 2 aromatic heterocycles. The van der Waals surface area contributed by atoms with Crippen molar-refractivity contribution < 1.29 is 17.9 Å². The molecule has 4 aromatic rings. The van der Waals surface area contributed by atoms with E-state index in [1.165, 1.54) is 29.8 Å². The Kier molecular flexibility index (Phi) is 4.31. The van der Waals surface area contributed by atoms with Crippen molar-refractivity contribution in [1.29, 1.82) is 0 Å². The van der Waals surface area contributed by atoms with Gasteiger partial charge in [0.15, 0.2) is 0 Å². The lowest BCUT2D eigenvalue weighted by molar-refractivity contribution is -0.137. The molecule has 0 amide bonds. The number of ether oxygens (including phenoxy) is 1. The highest BCUT2D eigenvalue weighted by Crippen LogP contribution is 2.39. The number of hydrogen-bond acceptors (Lipinski definition) is 4. The molecule has 0 spiro atoms. The second-order valence-electron chi connectivity index (χ2n) is 6.00. The molecule has 0 aliphatic rings. The number of aryl methyl sites for hydroxylation is 1. The molecule has 0 aliphatic heterocycles. The van der Waals surface area contributed by atoms with Crippen molar-refractivity contribution in [2.45, 2.75) is 13.1 Å². The summed E-state index contributed by atoms with van der Waals surface area (Å²) in [5, 5.41) is 2.63. The smallest absolute Gasteiger partial charge is 0.416 e. The SMILES string of the molecule is Cc1ccc(-c2csc3ncnc(Oc4cccc(C(F)(F)F)c4)c23)cc1. The molecular weight excluding hydrogens is 373 g/mol. The molecule has 0 atom stereocenters. The molecule has 27 heavy (non-hydrogen) atoms. The zero-order valence-corrected chi connectivity index (χ0v) is 14.9. The first-order valence-corrected chi connectivity index (χ1v) is 8.94. The first-order chi connectivity index (χ1) is 12.9. The lowest BCUT2D eigenvalue weighted by atomic mass is 10.0. The minimum atomic E-state index is -4.43. The molecule has 0 N–H and O–H groups in total. The molecule has 0 radical (unpaired) electrons. The minimum absolute atomic E-state index is 0.0749. The Labute approximate surface area is 157 Å². The van der Waals surface area contributed by atoms with Crippen LogP contribution < -0.4 is 4.74 Å². The van der Waals surface area contributed by atoms with Gasteiger partial charge in [-0.1, -0.05) is 35.9 Å². The normalized spacial score (nSPS) is 11.7. The van der Waals surface area contributed by atoms with Crippen LogP contribution in [-0.4, -0.2) is 9.97 Å². The third kappa shape index (κ3) is 3.50. The average molecular weight is 386 g/mol. The minimum Gasteiger partial charge on any atom is -0.438 e. The number of aromatic nitrogens is 2. The van der Waals surface area contributed by atoms with Gasteiger partial charge in [0.25, 0.3) is 0 Å². The third-order valence-electron chi connectivity index (χ3n) is 4.07. The number of nitrogens with zero attached hydrogens (tertiary/aromatic N) is 2. The van der Waals surface area contributed by atoms with Crippen molar-refractivity contribution in [3.8, 4) is 22.8 Å². The van der Waals surface area contributed by atoms with Gasteiger partial charge in [0, 0.05) is 10.9 Å². The van der Waals surface area contributed by atoms with E-state index in [-0.39, 0.29) is 11.6 Å². The summed E-state index contributed by atoms with van der Waals surface area (Å²) in [6.07, 6.45) is -3.09. The Morgan fingerprint density at radius 1 is 1.00 bits per heavy atom. The van der Waals surface area contributed by atoms with E-state index in [0.29, 0.717) is 10.2 Å². The van der Waals surface area contributed by atoms with Crippen LogP contribution in [0.15, 0.2) is 60.2 Å². The van der Waals surface area contributed by atoms with Gasteiger partial charge in [0.1, 0.15) is 16.9 Å². The van der Waals surface area contributed by atoms with Gasteiger partial charge >= 0.3 is 6.18 Å². The number of hydrogen-bond donors (Lipinski definition) is 0. The maximum absolute atomic E-state index is 12.9. The van der Waals surface area contributed by atoms with Crippen molar-refractivity contribution in [2.24, 2.45) is 0 Å². The number of fused-ring (bicyclic) bond motifs is 1. The summed E-state index contributed by atoms with van der Waals surface area (Å²) in [7, 11) is 0. The molecule has 0 saturated heterocycles. The molecule has 7 heteroatoms. The van der Waals surface area contributed by atoms with Gasteiger partial charge in [0.05, 0.1) is 10.9 Å². The van der Waals surface area contributed by atoms with E-state index in [1.54, 1.807) is 0 Å². The Morgan fingerprint density at radius 3 is 2.52 bits per heavy atom. The van der Waals surface area contributed by atoms with E-state index in [0.717, 1.165) is 28.8 Å². The fraction of sp³-hybridized carbons (Fsp3) is 0.100. The highest BCUT2D eigenvalue weighted by molar-refractivity contribution is 7.17. The molecule has 0 saturated carbocycles. The van der Waals surface area contributed by atoms with Crippen LogP contribution in [0, 0.1) is 6.92 Å². The molecule has 0 unspecified atom stereocenters. The van der Waals surface area contributed by atoms with Gasteiger partial charge in [-0.25, -0.2) is 9.97 Å². The van der Waals surface area contributed by atoms with E-state index < -0.39 is 11.7 Å². The zero-order chi connectivity index (χ0) is 19.0. The number of thiophene rings is 1. The molecule has 136 valence electrons. The fourth-order valence-electron chi connectivity index (χ4n) is 2.72. The van der Waals surface area contributed by atoms with Gasteiger partial charge in [-0.3, -0.25) is 0 Å². The summed E-state index contributed by atoms with van der Waals surface area (Å²) in [4.78, 5) is 9.12. The van der Waals surface area contributed by atoms with Gasteiger partial charge in [0.2, 0.25) is 5.88 Å². The van der Waals surface area contributed by atoms with Crippen LogP contribution in [0.3, 0.4) is 0 Å². The van der Waals surface area contributed by atoms with Gasteiger partial charge < -0.3 is 4.74 Å². The van der Waals surface area contributed by atoms with Gasteiger partial charge in [-0.2, -0.15) is 13.2 Å². The predicted octanol–water partition coefficient (Wildman–Crippen LogP) is 6.48. The lowest BCUT2D eigenvalue weighted by Crippen LogP contribution is -2.04. The van der Waals surface area contributed by atoms with Crippen molar-refractivity contribution in [3.05, 3.63) is 71.4 Å². The predicted molar refractivity (Wildman–Crippen MR) is 99.1 cm³/mol. The van der Waals surface area contributed by atoms with Crippen LogP contribution in [0.25, 0.3) is 21.3 Å². The van der Waals surface area contributed by atoms with Crippen molar-refractivity contribution >= 4 is 21.6 Å². The van der Waals surface area contributed by atoms with Crippen molar-refractivity contribution in [1.82, 2.24) is 9.97 Å². The first-order valence-electron chi connectivity index (χ1n) is 8.06. The second kappa shape index (κ2) is 6.66. The van der Waals surface area contributed by atoms with E-state index in [4.69, 9.17) is 4.74 Å². The third-order valence-corrected chi connectivity index (χ3v) is 4.96. The Morgan fingerprint density at radius 2 is 1.78 bits per heavy atom. The largest absolute Gasteiger partial charge is 0.438 e. The molecule has 2 aromatic carbocycles. The second-order valence-corrected chi connectivity index (χ2v) is 6.86. The maximum Gasteiger partial charge on any atom is 0.416 e. The van der Waals surface area contributed by atoms with Crippen molar-refractivity contribution in [3.63, 3.8) is 0 Å². The maximum atomic E-state index is 12.9. The Balaban J connectivity index is 1.79. The summed E-state index contributed by atoms with van der Waals surface area (Å²) >= 11 is 1.43.